The standard InChI is InChI=1S/C17H21NO3/c1-2-3-10-21-17(19)14-12-18(16-9-6-11-20-16)15-8-5-4-7-13(14)15/h4-5,7-8,12,16H,2-3,6,9-11H2,1H3. The van der Waals surface area contributed by atoms with Gasteiger partial charge >= 0.3 is 5.97 Å². The highest BCUT2D eigenvalue weighted by atomic mass is 16.5. The first-order chi connectivity index (χ1) is 10.3. The van der Waals surface area contributed by atoms with E-state index >= 15 is 0 Å². The Labute approximate surface area is 124 Å². The maximum absolute atomic E-state index is 12.3. The van der Waals surface area contributed by atoms with Gasteiger partial charge < -0.3 is 14.0 Å². The van der Waals surface area contributed by atoms with Gasteiger partial charge in [0, 0.05) is 18.2 Å². The Kier molecular flexibility index (Phi) is 4.25. The molecule has 1 aliphatic heterocycles. The monoisotopic (exact) mass is 287 g/mol. The number of unbranched alkanes of at least 4 members (excludes halogenated alkanes) is 1. The summed E-state index contributed by atoms with van der Waals surface area (Å²) in [4.78, 5) is 12.3. The first-order valence-corrected chi connectivity index (χ1v) is 7.69. The molecule has 0 aliphatic carbocycles. The van der Waals surface area contributed by atoms with E-state index in [1.807, 2.05) is 30.5 Å². The van der Waals surface area contributed by atoms with Crippen LogP contribution in [0.3, 0.4) is 0 Å². The van der Waals surface area contributed by atoms with Crippen LogP contribution in [0.5, 0.6) is 0 Å². The molecule has 2 heterocycles. The third-order valence-electron chi connectivity index (χ3n) is 3.91. The van der Waals surface area contributed by atoms with E-state index in [-0.39, 0.29) is 12.2 Å². The number of aromatic nitrogens is 1. The van der Waals surface area contributed by atoms with Gasteiger partial charge in [0.15, 0.2) is 0 Å². The minimum absolute atomic E-state index is 0.0343. The Hall–Kier alpha value is -1.81. The predicted molar refractivity (Wildman–Crippen MR) is 81.4 cm³/mol. The zero-order valence-electron chi connectivity index (χ0n) is 12.4. The van der Waals surface area contributed by atoms with Crippen molar-refractivity contribution in [2.24, 2.45) is 0 Å². The number of carbonyl (C=O) groups excluding carboxylic acids is 1. The summed E-state index contributed by atoms with van der Waals surface area (Å²) < 4.78 is 13.2. The van der Waals surface area contributed by atoms with Crippen molar-refractivity contribution in [3.63, 3.8) is 0 Å². The molecule has 0 N–H and O–H groups in total. The highest BCUT2D eigenvalue weighted by molar-refractivity contribution is 6.04. The van der Waals surface area contributed by atoms with Crippen molar-refractivity contribution < 1.29 is 14.3 Å². The summed E-state index contributed by atoms with van der Waals surface area (Å²) in [7, 11) is 0. The average Bonchev–Trinajstić information content (AvgIpc) is 3.14. The molecule has 0 spiro atoms. The van der Waals surface area contributed by atoms with Gasteiger partial charge in [-0.2, -0.15) is 0 Å². The Morgan fingerprint density at radius 3 is 3.05 bits per heavy atom. The van der Waals surface area contributed by atoms with Crippen LogP contribution in [0.25, 0.3) is 10.9 Å². The normalized spacial score (nSPS) is 18.2. The summed E-state index contributed by atoms with van der Waals surface area (Å²) in [5.41, 5.74) is 1.67. The van der Waals surface area contributed by atoms with Crippen LogP contribution < -0.4 is 0 Å². The minimum atomic E-state index is -0.239. The maximum atomic E-state index is 12.3. The molecule has 4 nitrogen and oxygen atoms in total. The Morgan fingerprint density at radius 1 is 1.43 bits per heavy atom. The number of rotatable bonds is 5. The molecule has 1 fully saturated rings. The van der Waals surface area contributed by atoms with Crippen molar-refractivity contribution in [3.05, 3.63) is 36.0 Å². The van der Waals surface area contributed by atoms with Gasteiger partial charge in [-0.25, -0.2) is 4.79 Å². The molecule has 1 aliphatic rings. The van der Waals surface area contributed by atoms with E-state index in [0.717, 1.165) is 43.2 Å². The Bertz CT molecular complexity index is 626. The van der Waals surface area contributed by atoms with E-state index in [1.165, 1.54) is 0 Å². The van der Waals surface area contributed by atoms with Crippen LogP contribution in [0.1, 0.15) is 49.2 Å². The molecule has 0 amide bonds. The smallest absolute Gasteiger partial charge is 0.340 e. The lowest BCUT2D eigenvalue weighted by Gasteiger charge is -2.12. The van der Waals surface area contributed by atoms with Crippen LogP contribution in [-0.2, 0) is 9.47 Å². The number of hydrogen-bond acceptors (Lipinski definition) is 3. The summed E-state index contributed by atoms with van der Waals surface area (Å²) in [6.07, 6.45) is 5.89. The molecule has 0 radical (unpaired) electrons. The second kappa shape index (κ2) is 6.31. The second-order valence-corrected chi connectivity index (χ2v) is 5.42. The number of ether oxygens (including phenoxy) is 2. The van der Waals surface area contributed by atoms with E-state index in [0.29, 0.717) is 12.2 Å². The zero-order valence-corrected chi connectivity index (χ0v) is 12.4. The van der Waals surface area contributed by atoms with Gasteiger partial charge in [-0.1, -0.05) is 31.5 Å². The number of benzene rings is 1. The van der Waals surface area contributed by atoms with E-state index in [9.17, 15) is 4.79 Å². The van der Waals surface area contributed by atoms with Crippen molar-refractivity contribution in [2.75, 3.05) is 13.2 Å². The summed E-state index contributed by atoms with van der Waals surface area (Å²) in [5.74, 6) is -0.239. The van der Waals surface area contributed by atoms with E-state index in [2.05, 4.69) is 11.5 Å². The van der Waals surface area contributed by atoms with Crippen LogP contribution in [-0.4, -0.2) is 23.8 Å². The molecule has 1 unspecified atom stereocenters. The molecule has 1 saturated heterocycles. The first-order valence-electron chi connectivity index (χ1n) is 7.69. The van der Waals surface area contributed by atoms with Gasteiger partial charge in [0.2, 0.25) is 0 Å². The molecule has 2 aromatic rings. The zero-order chi connectivity index (χ0) is 14.7. The average molecular weight is 287 g/mol. The van der Waals surface area contributed by atoms with E-state index < -0.39 is 0 Å². The molecular formula is C17H21NO3. The SMILES string of the molecule is CCCCOC(=O)c1cn(C2CCCO2)c2ccccc12. The highest BCUT2D eigenvalue weighted by Crippen LogP contribution is 2.30. The quantitative estimate of drug-likeness (QED) is 0.618. The van der Waals surface area contributed by atoms with Crippen molar-refractivity contribution in [1.29, 1.82) is 0 Å². The Balaban J connectivity index is 1.93. The molecule has 1 atom stereocenters. The molecule has 0 saturated carbocycles. The summed E-state index contributed by atoms with van der Waals surface area (Å²) in [6.45, 7) is 3.35. The second-order valence-electron chi connectivity index (χ2n) is 5.42. The number of carbonyl (C=O) groups is 1. The molecule has 4 heteroatoms. The number of para-hydroxylation sites is 1. The van der Waals surface area contributed by atoms with Crippen LogP contribution in [0.4, 0.5) is 0 Å². The first kappa shape index (κ1) is 14.1. The van der Waals surface area contributed by atoms with Crippen molar-refractivity contribution in [2.45, 2.75) is 38.8 Å². The van der Waals surface area contributed by atoms with Crippen molar-refractivity contribution in [3.8, 4) is 0 Å². The third kappa shape index (κ3) is 2.81. The van der Waals surface area contributed by atoms with Gasteiger partial charge in [0.1, 0.15) is 6.23 Å². The number of nitrogens with zero attached hydrogens (tertiary/aromatic N) is 1. The molecule has 112 valence electrons. The fourth-order valence-electron chi connectivity index (χ4n) is 2.77. The van der Waals surface area contributed by atoms with Crippen LogP contribution in [0.2, 0.25) is 0 Å². The van der Waals surface area contributed by atoms with Gasteiger partial charge in [0.05, 0.1) is 17.7 Å². The molecular weight excluding hydrogens is 266 g/mol. The lowest BCUT2D eigenvalue weighted by molar-refractivity contribution is 0.0495. The van der Waals surface area contributed by atoms with E-state index in [1.54, 1.807) is 0 Å². The van der Waals surface area contributed by atoms with Crippen LogP contribution in [0.15, 0.2) is 30.5 Å². The molecule has 21 heavy (non-hydrogen) atoms. The number of hydrogen-bond donors (Lipinski definition) is 0. The predicted octanol–water partition coefficient (Wildman–Crippen LogP) is 3.91. The highest BCUT2D eigenvalue weighted by Gasteiger charge is 2.23. The van der Waals surface area contributed by atoms with Gasteiger partial charge in [-0.15, -0.1) is 0 Å². The van der Waals surface area contributed by atoms with Crippen molar-refractivity contribution >= 4 is 16.9 Å². The largest absolute Gasteiger partial charge is 0.462 e. The topological polar surface area (TPSA) is 40.5 Å². The molecule has 1 aromatic carbocycles. The van der Waals surface area contributed by atoms with Crippen LogP contribution in [0, 0.1) is 0 Å². The minimum Gasteiger partial charge on any atom is -0.462 e. The van der Waals surface area contributed by atoms with Gasteiger partial charge in [-0.05, 0) is 25.3 Å². The molecule has 1 aromatic heterocycles. The Morgan fingerprint density at radius 2 is 2.29 bits per heavy atom. The lowest BCUT2D eigenvalue weighted by Crippen LogP contribution is -2.07. The molecule has 0 bridgehead atoms. The number of esters is 1. The third-order valence-corrected chi connectivity index (χ3v) is 3.91. The molecule has 3 rings (SSSR count). The summed E-state index contributed by atoms with van der Waals surface area (Å²) >= 11 is 0. The fourth-order valence-corrected chi connectivity index (χ4v) is 2.77. The van der Waals surface area contributed by atoms with Gasteiger partial charge in [0.25, 0.3) is 0 Å². The maximum Gasteiger partial charge on any atom is 0.340 e. The number of fused-ring (bicyclic) bond motifs is 1. The van der Waals surface area contributed by atoms with Crippen LogP contribution >= 0.6 is 0 Å². The lowest BCUT2D eigenvalue weighted by atomic mass is 10.2. The van der Waals surface area contributed by atoms with Gasteiger partial charge in [-0.3, -0.25) is 0 Å². The van der Waals surface area contributed by atoms with E-state index in [4.69, 9.17) is 9.47 Å². The van der Waals surface area contributed by atoms with Crippen molar-refractivity contribution in [1.82, 2.24) is 4.57 Å². The fraction of sp³-hybridized carbons (Fsp3) is 0.471. The summed E-state index contributed by atoms with van der Waals surface area (Å²) in [5, 5.41) is 0.939. The summed E-state index contributed by atoms with van der Waals surface area (Å²) in [6, 6.07) is 7.93.